The predicted molar refractivity (Wildman–Crippen MR) is 127 cm³/mol. The number of rotatable bonds is 6. The molecular formula is C24H35ClN4O4. The summed E-state index contributed by atoms with van der Waals surface area (Å²) in [5.41, 5.74) is 0.773. The number of hydrogen-bond donors (Lipinski definition) is 3. The number of aliphatic hydroxyl groups excluding tert-OH is 2. The summed E-state index contributed by atoms with van der Waals surface area (Å²) in [5.74, 6) is -0.0467. The van der Waals surface area contributed by atoms with Crippen LogP contribution in [0.25, 0.3) is 0 Å². The molecule has 3 fully saturated rings. The summed E-state index contributed by atoms with van der Waals surface area (Å²) in [6, 6.07) is 6.20. The molecule has 0 unspecified atom stereocenters. The Hall–Kier alpha value is -1.87. The van der Waals surface area contributed by atoms with Crippen LogP contribution in [0, 0.1) is 5.41 Å². The van der Waals surface area contributed by atoms with Gasteiger partial charge in [0.1, 0.15) is 0 Å². The van der Waals surface area contributed by atoms with Crippen molar-refractivity contribution in [3.63, 3.8) is 0 Å². The van der Waals surface area contributed by atoms with Gasteiger partial charge in [-0.15, -0.1) is 0 Å². The number of urea groups is 1. The van der Waals surface area contributed by atoms with Gasteiger partial charge in [0.05, 0.1) is 18.8 Å². The summed E-state index contributed by atoms with van der Waals surface area (Å²) >= 11 is 6.01. The summed E-state index contributed by atoms with van der Waals surface area (Å²) in [5, 5.41) is 23.9. The zero-order valence-corrected chi connectivity index (χ0v) is 20.0. The molecule has 4 rings (SSSR count). The van der Waals surface area contributed by atoms with Gasteiger partial charge in [0.2, 0.25) is 5.91 Å². The van der Waals surface area contributed by atoms with E-state index >= 15 is 0 Å². The maximum absolute atomic E-state index is 12.9. The van der Waals surface area contributed by atoms with Crippen LogP contribution in [0.1, 0.15) is 39.0 Å². The Morgan fingerprint density at radius 2 is 2.06 bits per heavy atom. The number of β-amino-alcohol motifs (C(OH)–C–C–N with tert-alkyl or cyclic N) is 1. The molecule has 0 aromatic heterocycles. The van der Waals surface area contributed by atoms with Crippen molar-refractivity contribution >= 4 is 29.2 Å². The molecule has 0 bridgehead atoms. The van der Waals surface area contributed by atoms with Gasteiger partial charge < -0.3 is 30.2 Å². The first-order chi connectivity index (χ1) is 15.8. The number of halogens is 1. The van der Waals surface area contributed by atoms with Gasteiger partial charge in [-0.05, 0) is 62.8 Å². The highest BCUT2D eigenvalue weighted by molar-refractivity contribution is 6.30. The number of carbonyl (C=O) groups excluding carboxylic acids is 2. The van der Waals surface area contributed by atoms with Gasteiger partial charge in [0, 0.05) is 49.4 Å². The van der Waals surface area contributed by atoms with E-state index < -0.39 is 0 Å². The van der Waals surface area contributed by atoms with Crippen LogP contribution in [0.2, 0.25) is 5.02 Å². The zero-order valence-electron chi connectivity index (χ0n) is 19.3. The van der Waals surface area contributed by atoms with Crippen LogP contribution < -0.4 is 5.32 Å². The van der Waals surface area contributed by atoms with Gasteiger partial charge in [-0.25, -0.2) is 4.79 Å². The lowest BCUT2D eigenvalue weighted by Gasteiger charge is -2.38. The molecule has 1 saturated carbocycles. The number of likely N-dealkylation sites (tertiary alicyclic amines) is 1. The molecule has 0 radical (unpaired) electrons. The number of aliphatic hydroxyl groups is 2. The van der Waals surface area contributed by atoms with Crippen LogP contribution in [0.3, 0.4) is 0 Å². The second-order valence-corrected chi connectivity index (χ2v) is 10.3. The maximum Gasteiger partial charge on any atom is 0.322 e. The van der Waals surface area contributed by atoms with Crippen molar-refractivity contribution in [2.45, 2.75) is 57.2 Å². The number of anilines is 1. The molecule has 2 saturated heterocycles. The Balaban J connectivity index is 1.33. The highest BCUT2D eigenvalue weighted by Gasteiger charge is 2.51. The summed E-state index contributed by atoms with van der Waals surface area (Å²) < 4.78 is 0. The first kappa shape index (κ1) is 24.3. The van der Waals surface area contributed by atoms with Crippen molar-refractivity contribution in [3.05, 3.63) is 29.3 Å². The van der Waals surface area contributed by atoms with E-state index in [-0.39, 0.29) is 48.6 Å². The smallest absolute Gasteiger partial charge is 0.322 e. The molecular weight excluding hydrogens is 444 g/mol. The lowest BCUT2D eigenvalue weighted by atomic mass is 9.90. The average Bonchev–Trinajstić information content (AvgIpc) is 3.57. The van der Waals surface area contributed by atoms with Crippen molar-refractivity contribution in [1.29, 1.82) is 0 Å². The Morgan fingerprint density at radius 1 is 1.27 bits per heavy atom. The number of carbonyl (C=O) groups is 2. The third-order valence-electron chi connectivity index (χ3n) is 7.60. The average molecular weight is 479 g/mol. The van der Waals surface area contributed by atoms with Crippen molar-refractivity contribution in [2.24, 2.45) is 5.41 Å². The molecule has 3 N–H and O–H groups in total. The van der Waals surface area contributed by atoms with E-state index in [0.717, 1.165) is 32.4 Å². The van der Waals surface area contributed by atoms with E-state index in [2.05, 4.69) is 10.2 Å². The summed E-state index contributed by atoms with van der Waals surface area (Å²) in [6.45, 7) is 4.85. The fourth-order valence-electron chi connectivity index (χ4n) is 5.18. The number of hydrogen-bond acceptors (Lipinski definition) is 5. The number of nitrogens with zero attached hydrogens (tertiary/aromatic N) is 3. The standard InChI is InChI=1S/C24H35ClN4O4/c1-17-14-29(20(16-30)5-10-27-12-9-24(7-8-24)21(31)15-27)22(32)6-11-28(17)23(33)26-19-4-2-3-18(25)13-19/h2-4,13,17,20-21,30-31H,5-12,14-16H2,1H3,(H,26,33)/t17-,20+,21+/m0/s1. The van der Waals surface area contributed by atoms with Crippen LogP contribution in [-0.2, 0) is 4.79 Å². The number of amides is 3. The van der Waals surface area contributed by atoms with Crippen LogP contribution in [0.15, 0.2) is 24.3 Å². The summed E-state index contributed by atoms with van der Waals surface area (Å²) in [6.07, 6.45) is 3.86. The lowest BCUT2D eigenvalue weighted by Crippen LogP contribution is -2.50. The quantitative estimate of drug-likeness (QED) is 0.583. The van der Waals surface area contributed by atoms with Crippen molar-refractivity contribution in [1.82, 2.24) is 14.7 Å². The fraction of sp³-hybridized carbons (Fsp3) is 0.667. The topological polar surface area (TPSA) is 96.3 Å². The predicted octanol–water partition coefficient (Wildman–Crippen LogP) is 2.39. The van der Waals surface area contributed by atoms with Crippen molar-refractivity contribution in [2.75, 3.05) is 44.6 Å². The monoisotopic (exact) mass is 478 g/mol. The molecule has 33 heavy (non-hydrogen) atoms. The summed E-state index contributed by atoms with van der Waals surface area (Å²) in [7, 11) is 0. The molecule has 1 spiro atoms. The highest BCUT2D eigenvalue weighted by Crippen LogP contribution is 2.53. The molecule has 2 heterocycles. The molecule has 8 nitrogen and oxygen atoms in total. The molecule has 1 aromatic rings. The van der Waals surface area contributed by atoms with E-state index in [0.29, 0.717) is 36.8 Å². The number of nitrogens with one attached hydrogen (secondary N) is 1. The largest absolute Gasteiger partial charge is 0.394 e. The van der Waals surface area contributed by atoms with E-state index in [4.69, 9.17) is 11.6 Å². The van der Waals surface area contributed by atoms with Crippen LogP contribution in [0.4, 0.5) is 10.5 Å². The normalized spacial score (nSPS) is 26.2. The fourth-order valence-corrected chi connectivity index (χ4v) is 5.37. The lowest BCUT2D eigenvalue weighted by molar-refractivity contribution is -0.134. The maximum atomic E-state index is 12.9. The van der Waals surface area contributed by atoms with Crippen molar-refractivity contribution in [3.8, 4) is 0 Å². The van der Waals surface area contributed by atoms with Crippen LogP contribution in [0.5, 0.6) is 0 Å². The zero-order chi connectivity index (χ0) is 23.6. The van der Waals surface area contributed by atoms with E-state index in [9.17, 15) is 19.8 Å². The van der Waals surface area contributed by atoms with E-state index in [1.165, 1.54) is 0 Å². The van der Waals surface area contributed by atoms with Crippen molar-refractivity contribution < 1.29 is 19.8 Å². The Morgan fingerprint density at radius 3 is 2.73 bits per heavy atom. The first-order valence-electron chi connectivity index (χ1n) is 12.0. The Kier molecular flexibility index (Phi) is 7.48. The van der Waals surface area contributed by atoms with Gasteiger partial charge in [-0.1, -0.05) is 17.7 Å². The second-order valence-electron chi connectivity index (χ2n) is 9.83. The van der Waals surface area contributed by atoms with Gasteiger partial charge >= 0.3 is 6.03 Å². The summed E-state index contributed by atoms with van der Waals surface area (Å²) in [4.78, 5) is 31.4. The third kappa shape index (κ3) is 5.62. The Bertz CT molecular complexity index is 865. The molecule has 1 aliphatic carbocycles. The SMILES string of the molecule is C[C@H]1CN([C@@H](CO)CCN2CCC3(CC3)[C@H](O)C2)C(=O)CCN1C(=O)Nc1cccc(Cl)c1. The molecule has 3 atom stereocenters. The van der Waals surface area contributed by atoms with Gasteiger partial charge in [0.25, 0.3) is 0 Å². The number of piperidine rings is 1. The first-order valence-corrected chi connectivity index (χ1v) is 12.3. The van der Waals surface area contributed by atoms with Crippen LogP contribution in [-0.4, -0.2) is 94.4 Å². The Labute approximate surface area is 200 Å². The van der Waals surface area contributed by atoms with Gasteiger partial charge in [-0.2, -0.15) is 0 Å². The number of benzene rings is 1. The molecule has 3 aliphatic rings. The highest BCUT2D eigenvalue weighted by atomic mass is 35.5. The second kappa shape index (κ2) is 10.2. The minimum absolute atomic E-state index is 0.0467. The minimum Gasteiger partial charge on any atom is -0.394 e. The van der Waals surface area contributed by atoms with E-state index in [1.54, 1.807) is 34.1 Å². The molecule has 2 aliphatic heterocycles. The molecule has 1 aromatic carbocycles. The molecule has 3 amide bonds. The molecule has 9 heteroatoms. The third-order valence-corrected chi connectivity index (χ3v) is 7.84. The molecule has 182 valence electrons. The van der Waals surface area contributed by atoms with E-state index in [1.807, 2.05) is 6.92 Å². The van der Waals surface area contributed by atoms with Gasteiger partial charge in [0.15, 0.2) is 0 Å². The van der Waals surface area contributed by atoms with Crippen LogP contribution >= 0.6 is 11.6 Å². The van der Waals surface area contributed by atoms with Gasteiger partial charge in [-0.3, -0.25) is 4.79 Å². The minimum atomic E-state index is -0.301.